The number of ketones is 1. The summed E-state index contributed by atoms with van der Waals surface area (Å²) in [4.78, 5) is 23.3. The molecule has 0 fully saturated rings. The summed E-state index contributed by atoms with van der Waals surface area (Å²) in [5.74, 6) is -0.254. The molecule has 1 atom stereocenters. The van der Waals surface area contributed by atoms with E-state index in [2.05, 4.69) is 22.9 Å². The van der Waals surface area contributed by atoms with Gasteiger partial charge in [0.2, 0.25) is 9.70 Å². The molecule has 0 radical (unpaired) electrons. The summed E-state index contributed by atoms with van der Waals surface area (Å²) in [5, 5.41) is 8.52. The van der Waals surface area contributed by atoms with Crippen LogP contribution in [0, 0.1) is 0 Å². The predicted octanol–water partition coefficient (Wildman–Crippen LogP) is 4.57. The lowest BCUT2D eigenvalue weighted by molar-refractivity contribution is -0.122. The molecule has 0 aliphatic rings. The molecule has 1 amide bonds. The van der Waals surface area contributed by atoms with E-state index in [-0.39, 0.29) is 16.8 Å². The molecule has 0 saturated carbocycles. The van der Waals surface area contributed by atoms with Crippen LogP contribution in [0.4, 0.5) is 5.69 Å². The molecule has 5 nitrogen and oxygen atoms in total. The minimum Gasteiger partial charge on any atom is -0.339 e. The van der Waals surface area contributed by atoms with Crippen LogP contribution in [0.15, 0.2) is 24.3 Å². The molecule has 0 aromatic heterocycles. The van der Waals surface area contributed by atoms with Crippen molar-refractivity contribution < 1.29 is 9.59 Å². The molecule has 0 heterocycles. The summed E-state index contributed by atoms with van der Waals surface area (Å²) in [6.45, 7) is 3.54. The van der Waals surface area contributed by atoms with E-state index < -0.39 is 9.96 Å². The summed E-state index contributed by atoms with van der Waals surface area (Å²) in [6.07, 6.45) is 2.09. The van der Waals surface area contributed by atoms with Gasteiger partial charge in [-0.25, -0.2) is 0 Å². The zero-order chi connectivity index (χ0) is 19.7. The fraction of sp³-hybridized carbons (Fsp3) is 0.471. The number of hydrogen-bond donors (Lipinski definition) is 3. The largest absolute Gasteiger partial charge is 0.339 e. The maximum atomic E-state index is 12.0. The zero-order valence-electron chi connectivity index (χ0n) is 14.6. The Morgan fingerprint density at radius 1 is 1.12 bits per heavy atom. The number of unbranched alkanes of at least 4 members (excludes halogenated alkanes) is 2. The molecule has 0 aliphatic heterocycles. The van der Waals surface area contributed by atoms with Crippen molar-refractivity contribution in [1.29, 1.82) is 0 Å². The fourth-order valence-electron chi connectivity index (χ4n) is 2.06. The smallest absolute Gasteiger partial charge is 0.228 e. The number of nitrogens with one attached hydrogen (secondary N) is 3. The Morgan fingerprint density at radius 3 is 2.23 bits per heavy atom. The highest BCUT2D eigenvalue weighted by atomic mass is 35.6. The van der Waals surface area contributed by atoms with E-state index >= 15 is 0 Å². The Kier molecular flexibility index (Phi) is 9.64. The van der Waals surface area contributed by atoms with E-state index in [0.29, 0.717) is 17.7 Å². The molecule has 1 unspecified atom stereocenters. The van der Waals surface area contributed by atoms with Crippen LogP contribution in [-0.2, 0) is 4.79 Å². The van der Waals surface area contributed by atoms with E-state index in [1.54, 1.807) is 24.3 Å². The van der Waals surface area contributed by atoms with E-state index in [0.717, 1.165) is 19.3 Å². The van der Waals surface area contributed by atoms with Crippen LogP contribution >= 0.6 is 47.0 Å². The second-order valence-electron chi connectivity index (χ2n) is 5.73. The van der Waals surface area contributed by atoms with Crippen LogP contribution in [0.2, 0.25) is 0 Å². The highest BCUT2D eigenvalue weighted by Gasteiger charge is 2.34. The summed E-state index contributed by atoms with van der Waals surface area (Å²) >= 11 is 23.0. The highest BCUT2D eigenvalue weighted by Crippen LogP contribution is 2.29. The third-order valence-corrected chi connectivity index (χ3v) is 4.34. The number of benzene rings is 1. The number of carbonyl (C=O) groups is 2. The van der Waals surface area contributed by atoms with Gasteiger partial charge in [0.05, 0.1) is 0 Å². The van der Waals surface area contributed by atoms with Crippen molar-refractivity contribution in [3.63, 3.8) is 0 Å². The normalized spacial score (nSPS) is 12.2. The lowest BCUT2D eigenvalue weighted by atomic mass is 10.1. The van der Waals surface area contributed by atoms with Crippen molar-refractivity contribution >= 4 is 69.5 Å². The van der Waals surface area contributed by atoms with Gasteiger partial charge in [0.15, 0.2) is 10.9 Å². The molecule has 1 rings (SSSR count). The van der Waals surface area contributed by atoms with E-state index in [9.17, 15) is 9.59 Å². The molecule has 144 valence electrons. The quantitative estimate of drug-likeness (QED) is 0.182. The molecule has 1 aromatic carbocycles. The number of amides is 1. The average Bonchev–Trinajstić information content (AvgIpc) is 2.54. The molecule has 3 N–H and O–H groups in total. The molecular weight excluding hydrogens is 417 g/mol. The van der Waals surface area contributed by atoms with Crippen molar-refractivity contribution in [2.45, 2.75) is 49.5 Å². The number of thiocarbonyl (C=S) groups is 1. The van der Waals surface area contributed by atoms with Crippen LogP contribution in [0.1, 0.15) is 49.9 Å². The number of alkyl halides is 3. The maximum absolute atomic E-state index is 12.0. The second-order valence-corrected chi connectivity index (χ2v) is 8.51. The molecule has 0 aliphatic carbocycles. The third-order valence-electron chi connectivity index (χ3n) is 3.46. The monoisotopic (exact) mass is 437 g/mol. The van der Waals surface area contributed by atoms with Gasteiger partial charge in [0, 0.05) is 17.7 Å². The van der Waals surface area contributed by atoms with Gasteiger partial charge in [-0.05, 0) is 49.8 Å². The molecule has 0 spiro atoms. The first kappa shape index (κ1) is 23.0. The van der Waals surface area contributed by atoms with Gasteiger partial charge in [-0.3, -0.25) is 9.59 Å². The van der Waals surface area contributed by atoms with Crippen molar-refractivity contribution in [2.75, 3.05) is 5.32 Å². The molecule has 26 heavy (non-hydrogen) atoms. The summed E-state index contributed by atoms with van der Waals surface area (Å²) < 4.78 is -1.79. The Morgan fingerprint density at radius 2 is 1.73 bits per heavy atom. The Balaban J connectivity index is 2.65. The van der Waals surface area contributed by atoms with Gasteiger partial charge >= 0.3 is 0 Å². The minimum absolute atomic E-state index is 0.0284. The van der Waals surface area contributed by atoms with Crippen LogP contribution < -0.4 is 16.0 Å². The number of halogens is 3. The first-order chi connectivity index (χ1) is 12.1. The van der Waals surface area contributed by atoms with Gasteiger partial charge in [-0.2, -0.15) is 0 Å². The number of carbonyl (C=O) groups excluding carboxylic acids is 2. The van der Waals surface area contributed by atoms with Gasteiger partial charge in [0.25, 0.3) is 0 Å². The zero-order valence-corrected chi connectivity index (χ0v) is 17.7. The number of rotatable bonds is 8. The summed E-state index contributed by atoms with van der Waals surface area (Å²) in [7, 11) is 0. The van der Waals surface area contributed by atoms with Crippen LogP contribution in [0.25, 0.3) is 0 Å². The second kappa shape index (κ2) is 10.9. The van der Waals surface area contributed by atoms with Gasteiger partial charge < -0.3 is 16.0 Å². The molecule has 0 bridgehead atoms. The lowest BCUT2D eigenvalue weighted by Gasteiger charge is -2.27. The van der Waals surface area contributed by atoms with Gasteiger partial charge in [-0.1, -0.05) is 54.6 Å². The number of Topliss-reactive ketones (excluding diaryl/α,β-unsaturated/α-hetero) is 1. The molecule has 9 heteroatoms. The minimum atomic E-state index is -1.79. The Bertz CT molecular complexity index is 633. The van der Waals surface area contributed by atoms with E-state index in [1.165, 1.54) is 6.92 Å². The number of anilines is 1. The maximum Gasteiger partial charge on any atom is 0.228 e. The topological polar surface area (TPSA) is 70.2 Å². The number of hydrogen-bond acceptors (Lipinski definition) is 3. The van der Waals surface area contributed by atoms with Gasteiger partial charge in [0.1, 0.15) is 6.17 Å². The Labute approximate surface area is 174 Å². The SMILES string of the molecule is CCCCCC(=O)NC(NC(=S)Nc1ccc(C(C)=O)cc1)C(Cl)(Cl)Cl. The highest BCUT2D eigenvalue weighted by molar-refractivity contribution is 7.80. The van der Waals surface area contributed by atoms with Crippen LogP contribution in [0.5, 0.6) is 0 Å². The standard InChI is InChI=1S/C17H22Cl3N3O2S/c1-3-4-5-6-14(25)22-15(17(18,19)20)23-16(26)21-13-9-7-12(8-10-13)11(2)24/h7-10,15H,3-6H2,1-2H3,(H,22,25)(H2,21,23,26). The van der Waals surface area contributed by atoms with Crippen molar-refractivity contribution in [2.24, 2.45) is 0 Å². The van der Waals surface area contributed by atoms with Crippen LogP contribution in [0.3, 0.4) is 0 Å². The first-order valence-corrected chi connectivity index (χ1v) is 9.72. The van der Waals surface area contributed by atoms with Gasteiger partial charge in [-0.15, -0.1) is 0 Å². The Hall–Kier alpha value is -1.08. The van der Waals surface area contributed by atoms with Crippen molar-refractivity contribution in [3.8, 4) is 0 Å². The van der Waals surface area contributed by atoms with E-state index in [4.69, 9.17) is 47.0 Å². The summed E-state index contributed by atoms with van der Waals surface area (Å²) in [5.41, 5.74) is 1.25. The van der Waals surface area contributed by atoms with Crippen LogP contribution in [-0.4, -0.2) is 26.8 Å². The summed E-state index contributed by atoms with van der Waals surface area (Å²) in [6, 6.07) is 6.77. The average molecular weight is 439 g/mol. The predicted molar refractivity (Wildman–Crippen MR) is 112 cm³/mol. The molecule has 0 saturated heterocycles. The van der Waals surface area contributed by atoms with Crippen molar-refractivity contribution in [1.82, 2.24) is 10.6 Å². The van der Waals surface area contributed by atoms with Crippen molar-refractivity contribution in [3.05, 3.63) is 29.8 Å². The molecule has 1 aromatic rings. The fourth-order valence-corrected chi connectivity index (χ4v) is 2.62. The first-order valence-electron chi connectivity index (χ1n) is 8.18. The third kappa shape index (κ3) is 8.54. The molecular formula is C17H22Cl3N3O2S. The lowest BCUT2D eigenvalue weighted by Crippen LogP contribution is -2.56. The van der Waals surface area contributed by atoms with E-state index in [1.807, 2.05) is 0 Å².